The summed E-state index contributed by atoms with van der Waals surface area (Å²) in [5.41, 5.74) is 14.6. The predicted molar refractivity (Wildman–Crippen MR) is 140 cm³/mol. The minimum atomic E-state index is 0.588. The van der Waals surface area contributed by atoms with Crippen LogP contribution in [0.15, 0.2) is 76.3 Å². The van der Waals surface area contributed by atoms with Gasteiger partial charge in [-0.15, -0.1) is 11.8 Å². The fraction of sp³-hybridized carbons (Fsp3) is 0.448. The Morgan fingerprint density at radius 1 is 1.23 bits per heavy atom. The summed E-state index contributed by atoms with van der Waals surface area (Å²) in [6.07, 6.45) is 20.2. The molecule has 0 heterocycles. The average molecular weight is 434 g/mol. The maximum Gasteiger partial charge on any atom is 0.0184 e. The maximum absolute atomic E-state index is 6.03. The Hall–Kier alpha value is -1.77. The minimum Gasteiger partial charge on any atom is -0.326 e. The molecule has 0 aliphatic heterocycles. The van der Waals surface area contributed by atoms with Gasteiger partial charge in [0.1, 0.15) is 0 Å². The first kappa shape index (κ1) is 23.9. The highest BCUT2D eigenvalue weighted by molar-refractivity contribution is 8.03. The quantitative estimate of drug-likeness (QED) is 0.265. The molecule has 4 rings (SSSR count). The molecular formula is C29H39NS. The maximum atomic E-state index is 6.03. The van der Waals surface area contributed by atoms with Crippen molar-refractivity contribution in [2.24, 2.45) is 11.7 Å². The first-order chi connectivity index (χ1) is 15.1. The van der Waals surface area contributed by atoms with Crippen LogP contribution < -0.4 is 5.73 Å². The van der Waals surface area contributed by atoms with Gasteiger partial charge in [0.2, 0.25) is 0 Å². The van der Waals surface area contributed by atoms with Crippen molar-refractivity contribution in [2.75, 3.05) is 5.75 Å². The van der Waals surface area contributed by atoms with Crippen LogP contribution in [0.1, 0.15) is 76.8 Å². The molecule has 2 N–H and O–H groups in total. The summed E-state index contributed by atoms with van der Waals surface area (Å²) in [5.74, 6) is 2.05. The van der Waals surface area contributed by atoms with Gasteiger partial charge in [0.05, 0.1) is 0 Å². The van der Waals surface area contributed by atoms with Crippen molar-refractivity contribution in [3.8, 4) is 0 Å². The molecule has 0 amide bonds. The Morgan fingerprint density at radius 2 is 2.03 bits per heavy atom. The number of fused-ring (bicyclic) bond motifs is 1. The van der Waals surface area contributed by atoms with E-state index in [9.17, 15) is 0 Å². The van der Waals surface area contributed by atoms with E-state index in [1.165, 1.54) is 59.3 Å². The van der Waals surface area contributed by atoms with Gasteiger partial charge in [-0.3, -0.25) is 0 Å². The summed E-state index contributed by atoms with van der Waals surface area (Å²) >= 11 is 2.07. The van der Waals surface area contributed by atoms with Crippen molar-refractivity contribution in [1.82, 2.24) is 0 Å². The molecule has 0 saturated heterocycles. The van der Waals surface area contributed by atoms with Gasteiger partial charge < -0.3 is 5.73 Å². The average Bonchev–Trinajstić information content (AvgIpc) is 2.78. The van der Waals surface area contributed by atoms with Crippen molar-refractivity contribution in [3.63, 3.8) is 0 Å². The van der Waals surface area contributed by atoms with Crippen LogP contribution in [0.5, 0.6) is 0 Å². The Bertz CT molecular complexity index is 889. The Labute approximate surface area is 194 Å². The number of benzene rings is 1. The van der Waals surface area contributed by atoms with E-state index in [-0.39, 0.29) is 0 Å². The second kappa shape index (κ2) is 12.3. The van der Waals surface area contributed by atoms with Crippen molar-refractivity contribution in [2.45, 2.75) is 72.3 Å². The van der Waals surface area contributed by atoms with E-state index in [1.54, 1.807) is 10.5 Å². The highest BCUT2D eigenvalue weighted by atomic mass is 32.2. The summed E-state index contributed by atoms with van der Waals surface area (Å²) in [6, 6.07) is 8.59. The summed E-state index contributed by atoms with van der Waals surface area (Å²) in [7, 11) is 0. The first-order valence-corrected chi connectivity index (χ1v) is 13.0. The van der Waals surface area contributed by atoms with E-state index in [0.717, 1.165) is 25.2 Å². The van der Waals surface area contributed by atoms with Gasteiger partial charge in [0.15, 0.2) is 0 Å². The number of thioether (sulfide) groups is 1. The van der Waals surface area contributed by atoms with Crippen molar-refractivity contribution < 1.29 is 0 Å². The minimum absolute atomic E-state index is 0.588. The zero-order valence-electron chi connectivity index (χ0n) is 19.6. The van der Waals surface area contributed by atoms with Crippen LogP contribution in [-0.2, 0) is 6.54 Å². The van der Waals surface area contributed by atoms with Crippen molar-refractivity contribution >= 4 is 17.3 Å². The summed E-state index contributed by atoms with van der Waals surface area (Å²) in [5, 5.41) is 0. The molecule has 0 radical (unpaired) electrons. The zero-order chi connectivity index (χ0) is 22.1. The third-order valence-electron chi connectivity index (χ3n) is 6.32. The van der Waals surface area contributed by atoms with Crippen molar-refractivity contribution in [1.29, 1.82) is 0 Å². The van der Waals surface area contributed by atoms with E-state index in [1.807, 2.05) is 0 Å². The lowest BCUT2D eigenvalue weighted by Gasteiger charge is -2.32. The Kier molecular flexibility index (Phi) is 9.49. The molecule has 1 fully saturated rings. The second-order valence-corrected chi connectivity index (χ2v) is 9.98. The number of hydrogen-bond donors (Lipinski definition) is 1. The Balaban J connectivity index is 1.66. The molecule has 0 unspecified atom stereocenters. The fourth-order valence-electron chi connectivity index (χ4n) is 4.46. The van der Waals surface area contributed by atoms with E-state index in [0.29, 0.717) is 6.54 Å². The Morgan fingerprint density at radius 3 is 2.71 bits per heavy atom. The van der Waals surface area contributed by atoms with E-state index >= 15 is 0 Å². The molecular weight excluding hydrogens is 394 g/mol. The number of unbranched alkanes of at least 4 members (excludes halogenated alkanes) is 1. The van der Waals surface area contributed by atoms with Crippen LogP contribution in [0.4, 0.5) is 0 Å². The molecule has 0 spiro atoms. The van der Waals surface area contributed by atoms with E-state index < -0.39 is 0 Å². The molecule has 31 heavy (non-hydrogen) atoms. The van der Waals surface area contributed by atoms with Gasteiger partial charge in [-0.25, -0.2) is 0 Å². The molecule has 1 aromatic rings. The molecule has 1 saturated carbocycles. The van der Waals surface area contributed by atoms with Gasteiger partial charge in [0.25, 0.3) is 0 Å². The van der Waals surface area contributed by atoms with Crippen LogP contribution in [0.3, 0.4) is 0 Å². The molecule has 2 heteroatoms. The van der Waals surface area contributed by atoms with Crippen LogP contribution in [0.25, 0.3) is 5.57 Å². The predicted octanol–water partition coefficient (Wildman–Crippen LogP) is 8.36. The summed E-state index contributed by atoms with van der Waals surface area (Å²) < 4.78 is 0. The van der Waals surface area contributed by atoms with Crippen LogP contribution >= 0.6 is 11.8 Å². The molecule has 3 aliphatic carbocycles. The molecule has 2 bridgehead atoms. The number of hydrogen-bond acceptors (Lipinski definition) is 2. The normalized spacial score (nSPS) is 17.4. The van der Waals surface area contributed by atoms with Crippen molar-refractivity contribution in [3.05, 3.63) is 87.4 Å². The third-order valence-corrected chi connectivity index (χ3v) is 7.55. The highest BCUT2D eigenvalue weighted by Crippen LogP contribution is 2.44. The lowest BCUT2D eigenvalue weighted by atomic mass is 9.76. The molecule has 3 aliphatic rings. The molecule has 0 atom stereocenters. The van der Waals surface area contributed by atoms with E-state index in [2.05, 4.69) is 87.2 Å². The van der Waals surface area contributed by atoms with Gasteiger partial charge in [-0.05, 0) is 80.7 Å². The third kappa shape index (κ3) is 6.85. The van der Waals surface area contributed by atoms with Gasteiger partial charge in [-0.1, -0.05) is 84.7 Å². The SMILES string of the molecule is C/C=C(/C/C(=C\C(C)=C\CCC)CCCSC1=C2CC(C=C1)C2)c1ccccc1CN. The highest BCUT2D eigenvalue weighted by Gasteiger charge is 2.26. The number of nitrogens with two attached hydrogens (primary N) is 1. The smallest absolute Gasteiger partial charge is 0.0184 e. The molecule has 166 valence electrons. The monoisotopic (exact) mass is 433 g/mol. The lowest BCUT2D eigenvalue weighted by molar-refractivity contribution is 0.503. The number of allylic oxidation sites excluding steroid dienone is 9. The first-order valence-electron chi connectivity index (χ1n) is 12.0. The van der Waals surface area contributed by atoms with Gasteiger partial charge in [0, 0.05) is 11.4 Å². The molecule has 0 aromatic heterocycles. The molecule has 1 nitrogen and oxygen atoms in total. The lowest BCUT2D eigenvalue weighted by Crippen LogP contribution is -2.17. The fourth-order valence-corrected chi connectivity index (χ4v) is 5.51. The zero-order valence-corrected chi connectivity index (χ0v) is 20.4. The standard InChI is InChI=1S/C29H39NS/c1-4-6-10-22(3)17-23(11-9-16-31-29-15-14-24-19-27(29)20-24)18-25(5-2)28-13-8-7-12-26(28)21-30/h5,7-8,10,12-15,17,24H,4,6,9,11,16,18-21,30H2,1-3H3/b22-10+,23-17-,25-5-. The number of rotatable bonds is 12. The van der Waals surface area contributed by atoms with Crippen LogP contribution in [-0.4, -0.2) is 5.75 Å². The summed E-state index contributed by atoms with van der Waals surface area (Å²) in [4.78, 5) is 1.55. The van der Waals surface area contributed by atoms with Crippen LogP contribution in [0, 0.1) is 5.92 Å². The second-order valence-electron chi connectivity index (χ2n) is 8.84. The largest absolute Gasteiger partial charge is 0.326 e. The van der Waals surface area contributed by atoms with Gasteiger partial charge >= 0.3 is 0 Å². The topological polar surface area (TPSA) is 26.0 Å². The van der Waals surface area contributed by atoms with E-state index in [4.69, 9.17) is 5.73 Å². The summed E-state index contributed by atoms with van der Waals surface area (Å²) in [6.45, 7) is 7.24. The molecule has 1 aromatic carbocycles. The van der Waals surface area contributed by atoms with Gasteiger partial charge in [-0.2, -0.15) is 0 Å². The van der Waals surface area contributed by atoms with Crippen LogP contribution in [0.2, 0.25) is 0 Å².